The van der Waals surface area contributed by atoms with E-state index in [0.29, 0.717) is 30.5 Å². The highest BCUT2D eigenvalue weighted by Gasteiger charge is 2.48. The summed E-state index contributed by atoms with van der Waals surface area (Å²) < 4.78 is 12.9. The number of amides is 2. The van der Waals surface area contributed by atoms with Crippen LogP contribution in [0, 0.1) is 5.92 Å². The van der Waals surface area contributed by atoms with Gasteiger partial charge in [-0.3, -0.25) is 9.59 Å². The first-order valence-electron chi connectivity index (χ1n) is 12.4. The minimum Gasteiger partial charge on any atom is -0.497 e. The minimum absolute atomic E-state index is 0.113. The highest BCUT2D eigenvalue weighted by atomic mass is 16.5. The quantitative estimate of drug-likeness (QED) is 0.552. The fourth-order valence-corrected chi connectivity index (χ4v) is 5.36. The Balaban J connectivity index is 1.51. The number of rotatable bonds is 6. The van der Waals surface area contributed by atoms with Crippen LogP contribution < -0.4 is 10.1 Å². The predicted octanol–water partition coefficient (Wildman–Crippen LogP) is 4.87. The Kier molecular flexibility index (Phi) is 6.17. The molecule has 7 heteroatoms. The summed E-state index contributed by atoms with van der Waals surface area (Å²) in [6.07, 6.45) is 5.78. The normalized spacial score (nSPS) is 24.2. The SMILES string of the molecule is COc1cccc(CN2C(=O)c3ccc(-c4ccco4)n3C[C@]2(C)C(=O)NC2CCC(C)CC2)c1. The molecule has 0 bridgehead atoms. The first-order valence-corrected chi connectivity index (χ1v) is 12.4. The van der Waals surface area contributed by atoms with Crippen LogP contribution in [-0.2, 0) is 17.9 Å². The third-order valence-electron chi connectivity index (χ3n) is 7.60. The fourth-order valence-electron chi connectivity index (χ4n) is 5.36. The lowest BCUT2D eigenvalue weighted by Gasteiger charge is -2.45. The van der Waals surface area contributed by atoms with Gasteiger partial charge >= 0.3 is 0 Å². The number of furan rings is 1. The second-order valence-corrected chi connectivity index (χ2v) is 10.1. The summed E-state index contributed by atoms with van der Waals surface area (Å²) in [5, 5.41) is 3.29. The summed E-state index contributed by atoms with van der Waals surface area (Å²) in [5.41, 5.74) is 1.19. The third-order valence-corrected chi connectivity index (χ3v) is 7.60. The number of hydrogen-bond acceptors (Lipinski definition) is 4. The number of aromatic nitrogens is 1. The molecular formula is C28H33N3O4. The Labute approximate surface area is 206 Å². The molecule has 0 spiro atoms. The van der Waals surface area contributed by atoms with Crippen LogP contribution >= 0.6 is 0 Å². The molecule has 1 saturated carbocycles. The topological polar surface area (TPSA) is 76.7 Å². The van der Waals surface area contributed by atoms with Crippen molar-refractivity contribution in [3.8, 4) is 17.2 Å². The molecule has 1 atom stereocenters. The Hall–Kier alpha value is -3.48. The van der Waals surface area contributed by atoms with Gasteiger partial charge in [0, 0.05) is 12.6 Å². The van der Waals surface area contributed by atoms with Crippen LogP contribution in [0.15, 0.2) is 59.2 Å². The Morgan fingerprint density at radius 1 is 1.11 bits per heavy atom. The number of nitrogens with zero attached hydrogens (tertiary/aromatic N) is 2. The molecule has 184 valence electrons. The van der Waals surface area contributed by atoms with Gasteiger partial charge in [0.25, 0.3) is 5.91 Å². The molecule has 2 amide bonds. The second-order valence-electron chi connectivity index (χ2n) is 10.1. The van der Waals surface area contributed by atoms with Crippen molar-refractivity contribution in [2.75, 3.05) is 7.11 Å². The van der Waals surface area contributed by atoms with Gasteiger partial charge in [0.2, 0.25) is 5.91 Å². The zero-order valence-electron chi connectivity index (χ0n) is 20.6. The van der Waals surface area contributed by atoms with Gasteiger partial charge in [-0.05, 0) is 80.5 Å². The van der Waals surface area contributed by atoms with Crippen molar-refractivity contribution in [2.24, 2.45) is 5.92 Å². The van der Waals surface area contributed by atoms with E-state index in [0.717, 1.165) is 42.7 Å². The molecule has 3 heterocycles. The van der Waals surface area contributed by atoms with Gasteiger partial charge in [-0.1, -0.05) is 19.1 Å². The lowest BCUT2D eigenvalue weighted by Crippen LogP contribution is -2.64. The first kappa shape index (κ1) is 23.3. The Morgan fingerprint density at radius 3 is 2.60 bits per heavy atom. The number of carbonyl (C=O) groups is 2. The van der Waals surface area contributed by atoms with Gasteiger partial charge in [-0.2, -0.15) is 0 Å². The van der Waals surface area contributed by atoms with E-state index in [1.165, 1.54) is 0 Å². The average molecular weight is 476 g/mol. The van der Waals surface area contributed by atoms with Crippen molar-refractivity contribution in [1.29, 1.82) is 0 Å². The van der Waals surface area contributed by atoms with Crippen molar-refractivity contribution >= 4 is 11.8 Å². The Bertz CT molecular complexity index is 1210. The maximum Gasteiger partial charge on any atom is 0.271 e. The highest BCUT2D eigenvalue weighted by Crippen LogP contribution is 2.35. The van der Waals surface area contributed by atoms with Crippen LogP contribution in [-0.4, -0.2) is 40.0 Å². The fraction of sp³-hybridized carbons (Fsp3) is 0.429. The molecule has 7 nitrogen and oxygen atoms in total. The van der Waals surface area contributed by atoms with Crippen molar-refractivity contribution in [3.05, 3.63) is 66.1 Å². The standard InChI is InChI=1S/C28H33N3O4/c1-19-9-11-21(12-10-19)29-27(33)28(2)18-30-23(25-8-5-15-35-25)13-14-24(30)26(32)31(28)17-20-6-4-7-22(16-20)34-3/h4-8,13-16,19,21H,9-12,17-18H2,1-3H3,(H,29,33)/t19?,21?,28-/m1/s1. The van der Waals surface area contributed by atoms with Crippen LogP contribution in [0.4, 0.5) is 0 Å². The van der Waals surface area contributed by atoms with Crippen molar-refractivity contribution < 1.29 is 18.7 Å². The van der Waals surface area contributed by atoms with Gasteiger partial charge in [-0.25, -0.2) is 0 Å². The molecule has 1 fully saturated rings. The molecule has 5 rings (SSSR count). The van der Waals surface area contributed by atoms with E-state index in [9.17, 15) is 9.59 Å². The van der Waals surface area contributed by atoms with Crippen LogP contribution in [0.3, 0.4) is 0 Å². The average Bonchev–Trinajstić information content (AvgIpc) is 3.53. The van der Waals surface area contributed by atoms with E-state index in [1.54, 1.807) is 18.3 Å². The molecule has 0 unspecified atom stereocenters. The van der Waals surface area contributed by atoms with Gasteiger partial charge in [-0.15, -0.1) is 0 Å². The van der Waals surface area contributed by atoms with E-state index in [2.05, 4.69) is 12.2 Å². The van der Waals surface area contributed by atoms with E-state index < -0.39 is 5.54 Å². The largest absolute Gasteiger partial charge is 0.497 e. The van der Waals surface area contributed by atoms with Crippen molar-refractivity contribution in [3.63, 3.8) is 0 Å². The number of hydrogen-bond donors (Lipinski definition) is 1. The summed E-state index contributed by atoms with van der Waals surface area (Å²) in [6, 6.07) is 15.2. The molecule has 1 aliphatic carbocycles. The van der Waals surface area contributed by atoms with E-state index in [4.69, 9.17) is 9.15 Å². The van der Waals surface area contributed by atoms with Crippen molar-refractivity contribution in [2.45, 2.75) is 64.2 Å². The number of benzene rings is 1. The molecule has 1 aliphatic heterocycles. The van der Waals surface area contributed by atoms with Gasteiger partial charge < -0.3 is 23.9 Å². The van der Waals surface area contributed by atoms with Crippen LogP contribution in [0.1, 0.15) is 55.6 Å². The van der Waals surface area contributed by atoms with Crippen LogP contribution in [0.5, 0.6) is 5.75 Å². The third kappa shape index (κ3) is 4.35. The summed E-state index contributed by atoms with van der Waals surface area (Å²) >= 11 is 0. The van der Waals surface area contributed by atoms with E-state index >= 15 is 0 Å². The van der Waals surface area contributed by atoms with E-state index in [-0.39, 0.29) is 17.9 Å². The molecular weight excluding hydrogens is 442 g/mol. The highest BCUT2D eigenvalue weighted by molar-refractivity contribution is 6.00. The van der Waals surface area contributed by atoms with Gasteiger partial charge in [0.1, 0.15) is 22.7 Å². The van der Waals surface area contributed by atoms with Crippen LogP contribution in [0.25, 0.3) is 11.5 Å². The van der Waals surface area contributed by atoms with Crippen LogP contribution in [0.2, 0.25) is 0 Å². The molecule has 1 N–H and O–H groups in total. The molecule has 2 aliphatic rings. The minimum atomic E-state index is -1.07. The summed E-state index contributed by atoms with van der Waals surface area (Å²) in [4.78, 5) is 29.5. The molecule has 0 radical (unpaired) electrons. The number of carbonyl (C=O) groups excluding carboxylic acids is 2. The molecule has 35 heavy (non-hydrogen) atoms. The second kappa shape index (κ2) is 9.29. The number of fused-ring (bicyclic) bond motifs is 1. The smallest absolute Gasteiger partial charge is 0.271 e. The maximum absolute atomic E-state index is 13.9. The maximum atomic E-state index is 13.9. The number of methoxy groups -OCH3 is 1. The zero-order valence-corrected chi connectivity index (χ0v) is 20.6. The zero-order chi connectivity index (χ0) is 24.6. The number of nitrogens with one attached hydrogen (secondary N) is 1. The van der Waals surface area contributed by atoms with E-state index in [1.807, 2.05) is 60.0 Å². The van der Waals surface area contributed by atoms with Crippen molar-refractivity contribution in [1.82, 2.24) is 14.8 Å². The summed E-state index contributed by atoms with van der Waals surface area (Å²) in [6.45, 7) is 4.79. The van der Waals surface area contributed by atoms with Gasteiger partial charge in [0.15, 0.2) is 0 Å². The Morgan fingerprint density at radius 2 is 1.89 bits per heavy atom. The lowest BCUT2D eigenvalue weighted by molar-refractivity contribution is -0.134. The molecule has 1 aromatic carbocycles. The monoisotopic (exact) mass is 475 g/mol. The first-order chi connectivity index (χ1) is 16.9. The molecule has 3 aromatic rings. The number of ether oxygens (including phenoxy) is 1. The molecule has 2 aromatic heterocycles. The lowest BCUT2D eigenvalue weighted by atomic mass is 9.86. The summed E-state index contributed by atoms with van der Waals surface area (Å²) in [5.74, 6) is 1.80. The van der Waals surface area contributed by atoms with Gasteiger partial charge in [0.05, 0.1) is 25.6 Å². The predicted molar refractivity (Wildman–Crippen MR) is 133 cm³/mol. The molecule has 0 saturated heterocycles. The summed E-state index contributed by atoms with van der Waals surface area (Å²) in [7, 11) is 1.62.